The molecule has 3 rings (SSSR count). The molecule has 0 spiro atoms. The Morgan fingerprint density at radius 2 is 2.00 bits per heavy atom. The molecule has 3 N–H and O–H groups in total. The van der Waals surface area contributed by atoms with Gasteiger partial charge in [0.1, 0.15) is 0 Å². The van der Waals surface area contributed by atoms with Gasteiger partial charge in [-0.1, -0.05) is 12.1 Å². The molecule has 8 heteroatoms. The molecule has 1 aromatic carbocycles. The third-order valence-electron chi connectivity index (χ3n) is 4.47. The summed E-state index contributed by atoms with van der Waals surface area (Å²) in [5.41, 5.74) is 7.78. The first-order chi connectivity index (χ1) is 13.3. The highest BCUT2D eigenvalue weighted by atomic mass is 16.5. The van der Waals surface area contributed by atoms with E-state index in [2.05, 4.69) is 15.3 Å². The second-order valence-corrected chi connectivity index (χ2v) is 7.10. The van der Waals surface area contributed by atoms with Crippen molar-refractivity contribution in [2.45, 2.75) is 39.3 Å². The summed E-state index contributed by atoms with van der Waals surface area (Å²) in [6.45, 7) is 6.61. The van der Waals surface area contributed by atoms with E-state index in [1.54, 1.807) is 23.1 Å². The maximum Gasteiger partial charge on any atom is 0.254 e. The van der Waals surface area contributed by atoms with Crippen molar-refractivity contribution in [3.8, 4) is 17.1 Å². The van der Waals surface area contributed by atoms with Gasteiger partial charge < -0.3 is 20.7 Å². The number of ether oxygens (including phenoxy) is 1. The number of anilines is 1. The topological polar surface area (TPSA) is 110 Å². The van der Waals surface area contributed by atoms with E-state index in [0.29, 0.717) is 36.6 Å². The van der Waals surface area contributed by atoms with E-state index in [1.807, 2.05) is 32.9 Å². The van der Waals surface area contributed by atoms with Gasteiger partial charge in [-0.05, 0) is 32.9 Å². The molecule has 1 aliphatic heterocycles. The molecule has 2 heterocycles. The van der Waals surface area contributed by atoms with Gasteiger partial charge in [0, 0.05) is 42.7 Å². The van der Waals surface area contributed by atoms with Crippen molar-refractivity contribution in [1.82, 2.24) is 20.2 Å². The minimum atomic E-state index is -0.0958. The zero-order valence-corrected chi connectivity index (χ0v) is 16.3. The SMILES string of the molecule is CC(C)Oc1cc(-c2ccc(C(=O)N3CCC(=O)NC[C@H]3C)cc2)nc(N)n1. The van der Waals surface area contributed by atoms with Crippen LogP contribution >= 0.6 is 0 Å². The van der Waals surface area contributed by atoms with Crippen LogP contribution in [0.1, 0.15) is 37.6 Å². The van der Waals surface area contributed by atoms with Gasteiger partial charge in [-0.3, -0.25) is 9.59 Å². The van der Waals surface area contributed by atoms with Crippen LogP contribution in [0.3, 0.4) is 0 Å². The van der Waals surface area contributed by atoms with Crippen molar-refractivity contribution < 1.29 is 14.3 Å². The van der Waals surface area contributed by atoms with Gasteiger partial charge in [-0.15, -0.1) is 0 Å². The number of hydrogen-bond acceptors (Lipinski definition) is 6. The molecule has 1 aromatic heterocycles. The van der Waals surface area contributed by atoms with E-state index in [0.717, 1.165) is 5.56 Å². The quantitative estimate of drug-likeness (QED) is 0.834. The Hall–Kier alpha value is -3.16. The summed E-state index contributed by atoms with van der Waals surface area (Å²) in [5, 5.41) is 2.81. The lowest BCUT2D eigenvalue weighted by Gasteiger charge is -2.26. The average Bonchev–Trinajstić information content (AvgIpc) is 2.81. The third-order valence-corrected chi connectivity index (χ3v) is 4.47. The Kier molecular flexibility index (Phi) is 5.77. The number of nitrogens with zero attached hydrogens (tertiary/aromatic N) is 3. The van der Waals surface area contributed by atoms with Gasteiger partial charge in [-0.2, -0.15) is 4.98 Å². The molecule has 0 bridgehead atoms. The van der Waals surface area contributed by atoms with Crippen molar-refractivity contribution in [1.29, 1.82) is 0 Å². The Morgan fingerprint density at radius 3 is 2.68 bits per heavy atom. The van der Waals surface area contributed by atoms with Gasteiger partial charge in [0.25, 0.3) is 5.91 Å². The molecule has 1 fully saturated rings. The molecular formula is C20H25N5O3. The molecule has 1 aliphatic rings. The number of nitrogens with two attached hydrogens (primary N) is 1. The first-order valence-electron chi connectivity index (χ1n) is 9.33. The highest BCUT2D eigenvalue weighted by Crippen LogP contribution is 2.23. The Bertz CT molecular complexity index is 867. The fraction of sp³-hybridized carbons (Fsp3) is 0.400. The van der Waals surface area contributed by atoms with Crippen molar-refractivity contribution >= 4 is 17.8 Å². The van der Waals surface area contributed by atoms with Crippen molar-refractivity contribution in [3.05, 3.63) is 35.9 Å². The largest absolute Gasteiger partial charge is 0.475 e. The number of hydrogen-bond donors (Lipinski definition) is 2. The normalized spacial score (nSPS) is 17.2. The molecular weight excluding hydrogens is 358 g/mol. The van der Waals surface area contributed by atoms with E-state index in [9.17, 15) is 9.59 Å². The third kappa shape index (κ3) is 4.57. The number of carbonyl (C=O) groups excluding carboxylic acids is 2. The summed E-state index contributed by atoms with van der Waals surface area (Å²) in [6.07, 6.45) is 0.284. The monoisotopic (exact) mass is 383 g/mol. The number of rotatable bonds is 4. The zero-order valence-electron chi connectivity index (χ0n) is 16.3. The lowest BCUT2D eigenvalue weighted by molar-refractivity contribution is -0.120. The van der Waals surface area contributed by atoms with E-state index in [4.69, 9.17) is 10.5 Å². The predicted molar refractivity (Wildman–Crippen MR) is 106 cm³/mol. The summed E-state index contributed by atoms with van der Waals surface area (Å²) in [6, 6.07) is 8.81. The summed E-state index contributed by atoms with van der Waals surface area (Å²) in [5.74, 6) is 0.414. The molecule has 1 saturated heterocycles. The van der Waals surface area contributed by atoms with Gasteiger partial charge in [-0.25, -0.2) is 4.98 Å². The van der Waals surface area contributed by atoms with Gasteiger partial charge >= 0.3 is 0 Å². The molecule has 2 amide bonds. The first-order valence-corrected chi connectivity index (χ1v) is 9.33. The number of carbonyl (C=O) groups is 2. The number of nitrogen functional groups attached to an aromatic ring is 1. The maximum absolute atomic E-state index is 12.9. The number of aromatic nitrogens is 2. The number of benzene rings is 1. The van der Waals surface area contributed by atoms with Crippen LogP contribution < -0.4 is 15.8 Å². The van der Waals surface area contributed by atoms with Gasteiger partial charge in [0.15, 0.2) is 0 Å². The standard InChI is InChI=1S/C20H25N5O3/c1-12(2)28-18-10-16(23-20(21)24-18)14-4-6-15(7-5-14)19(27)25-9-8-17(26)22-11-13(25)3/h4-7,10,12-13H,8-9,11H2,1-3H3,(H,22,26)(H2,21,23,24)/t13-/m1/s1. The van der Waals surface area contributed by atoms with Crippen molar-refractivity contribution in [2.75, 3.05) is 18.8 Å². The molecule has 8 nitrogen and oxygen atoms in total. The molecule has 0 saturated carbocycles. The molecule has 0 radical (unpaired) electrons. The van der Waals surface area contributed by atoms with Crippen LogP contribution in [0.15, 0.2) is 30.3 Å². The predicted octanol–water partition coefficient (Wildman–Crippen LogP) is 1.86. The van der Waals surface area contributed by atoms with Gasteiger partial charge in [0.2, 0.25) is 17.7 Å². The average molecular weight is 383 g/mol. The summed E-state index contributed by atoms with van der Waals surface area (Å²) < 4.78 is 5.61. The van der Waals surface area contributed by atoms with Crippen LogP contribution in [0.2, 0.25) is 0 Å². The van der Waals surface area contributed by atoms with Crippen LogP contribution in [0.5, 0.6) is 5.88 Å². The summed E-state index contributed by atoms with van der Waals surface area (Å²) in [4.78, 5) is 34.5. The molecule has 148 valence electrons. The van der Waals surface area contributed by atoms with Crippen molar-refractivity contribution in [2.24, 2.45) is 0 Å². The summed E-state index contributed by atoms with van der Waals surface area (Å²) in [7, 11) is 0. The summed E-state index contributed by atoms with van der Waals surface area (Å²) >= 11 is 0. The number of nitrogens with one attached hydrogen (secondary N) is 1. The Labute approximate surface area is 164 Å². The lowest BCUT2D eigenvalue weighted by atomic mass is 10.1. The fourth-order valence-electron chi connectivity index (χ4n) is 3.05. The zero-order chi connectivity index (χ0) is 20.3. The number of amides is 2. The molecule has 2 aromatic rings. The van der Waals surface area contributed by atoms with E-state index in [-0.39, 0.29) is 29.9 Å². The van der Waals surface area contributed by atoms with E-state index < -0.39 is 0 Å². The minimum Gasteiger partial charge on any atom is -0.475 e. The Balaban J connectivity index is 1.80. The van der Waals surface area contributed by atoms with Crippen LogP contribution in [-0.4, -0.2) is 51.9 Å². The highest BCUT2D eigenvalue weighted by Gasteiger charge is 2.25. The lowest BCUT2D eigenvalue weighted by Crippen LogP contribution is -2.41. The van der Waals surface area contributed by atoms with Crippen LogP contribution in [-0.2, 0) is 4.79 Å². The molecule has 1 atom stereocenters. The fourth-order valence-corrected chi connectivity index (χ4v) is 3.05. The van der Waals surface area contributed by atoms with Crippen LogP contribution in [0.4, 0.5) is 5.95 Å². The van der Waals surface area contributed by atoms with Crippen LogP contribution in [0.25, 0.3) is 11.3 Å². The molecule has 0 unspecified atom stereocenters. The maximum atomic E-state index is 12.9. The molecule has 0 aliphatic carbocycles. The van der Waals surface area contributed by atoms with E-state index >= 15 is 0 Å². The second kappa shape index (κ2) is 8.24. The van der Waals surface area contributed by atoms with Crippen molar-refractivity contribution in [3.63, 3.8) is 0 Å². The van der Waals surface area contributed by atoms with E-state index in [1.165, 1.54) is 0 Å². The first kappa shape index (κ1) is 19.6. The second-order valence-electron chi connectivity index (χ2n) is 7.10. The molecule has 28 heavy (non-hydrogen) atoms. The Morgan fingerprint density at radius 1 is 1.29 bits per heavy atom. The highest BCUT2D eigenvalue weighted by molar-refractivity contribution is 5.95. The van der Waals surface area contributed by atoms with Gasteiger partial charge in [0.05, 0.1) is 11.8 Å². The minimum absolute atomic E-state index is 0.0286. The van der Waals surface area contributed by atoms with Crippen LogP contribution in [0, 0.1) is 0 Å². The smallest absolute Gasteiger partial charge is 0.254 e.